The van der Waals surface area contributed by atoms with Crippen molar-refractivity contribution in [3.63, 3.8) is 0 Å². The van der Waals surface area contributed by atoms with Crippen LogP contribution >= 0.6 is 0 Å². The number of hydrogen-bond acceptors (Lipinski definition) is 5. The number of amides is 3. The summed E-state index contributed by atoms with van der Waals surface area (Å²) in [4.78, 5) is 35.3. The van der Waals surface area contributed by atoms with Crippen LogP contribution in [0.5, 0.6) is 5.75 Å². The monoisotopic (exact) mass is 405 g/mol. The van der Waals surface area contributed by atoms with Crippen LogP contribution < -0.4 is 21.1 Å². The van der Waals surface area contributed by atoms with Gasteiger partial charge in [-0.2, -0.15) is 0 Å². The third kappa shape index (κ3) is 8.01. The molecule has 160 valence electrons. The molecule has 1 fully saturated rings. The minimum Gasteiger partial charge on any atom is -0.484 e. The number of ether oxygens (including phenoxy) is 2. The quantitative estimate of drug-likeness (QED) is 0.643. The fourth-order valence-electron chi connectivity index (χ4n) is 3.28. The van der Waals surface area contributed by atoms with Gasteiger partial charge in [-0.1, -0.05) is 12.8 Å². The summed E-state index contributed by atoms with van der Waals surface area (Å²) in [5, 5.41) is 5.90. The molecule has 0 spiro atoms. The molecule has 1 aliphatic rings. The van der Waals surface area contributed by atoms with E-state index >= 15 is 0 Å². The first-order valence-electron chi connectivity index (χ1n) is 9.93. The fourth-order valence-corrected chi connectivity index (χ4v) is 3.28. The number of carbonyl (C=O) groups is 3. The molecule has 0 saturated heterocycles. The minimum atomic E-state index is -0.560. The Balaban J connectivity index is 1.89. The van der Waals surface area contributed by atoms with E-state index in [1.54, 1.807) is 24.3 Å². The lowest BCUT2D eigenvalue weighted by Crippen LogP contribution is -2.47. The Morgan fingerprint density at radius 2 is 1.76 bits per heavy atom. The molecule has 2 rings (SSSR count). The van der Waals surface area contributed by atoms with Crippen LogP contribution in [0.15, 0.2) is 24.3 Å². The largest absolute Gasteiger partial charge is 0.484 e. The number of hydrogen-bond donors (Lipinski definition) is 3. The minimum absolute atomic E-state index is 0.0167. The summed E-state index contributed by atoms with van der Waals surface area (Å²) in [5.41, 5.74) is 5.00. The number of primary amides is 1. The molecule has 29 heavy (non-hydrogen) atoms. The summed E-state index contributed by atoms with van der Waals surface area (Å²) in [7, 11) is 0. The van der Waals surface area contributed by atoms with E-state index in [9.17, 15) is 14.4 Å². The van der Waals surface area contributed by atoms with Gasteiger partial charge in [0.1, 0.15) is 11.4 Å². The van der Waals surface area contributed by atoms with Gasteiger partial charge in [-0.05, 0) is 63.8 Å². The topological polar surface area (TPSA) is 120 Å². The van der Waals surface area contributed by atoms with E-state index in [-0.39, 0.29) is 24.5 Å². The van der Waals surface area contributed by atoms with E-state index in [1.807, 2.05) is 20.8 Å². The van der Waals surface area contributed by atoms with Crippen molar-refractivity contribution in [1.29, 1.82) is 0 Å². The van der Waals surface area contributed by atoms with Gasteiger partial charge in [-0.15, -0.1) is 0 Å². The molecule has 8 heteroatoms. The SMILES string of the molecule is CC(C)(C)OC(=O)NC[C@@H]1CCCC[C@H]1NC(=O)c1ccc(OCC(N)=O)cc1. The highest BCUT2D eigenvalue weighted by Gasteiger charge is 2.28. The van der Waals surface area contributed by atoms with Crippen LogP contribution in [0, 0.1) is 5.92 Å². The normalized spacial score (nSPS) is 19.1. The summed E-state index contributed by atoms with van der Waals surface area (Å²) in [6.07, 6.45) is 3.46. The molecule has 1 aromatic carbocycles. The lowest BCUT2D eigenvalue weighted by molar-refractivity contribution is -0.119. The number of nitrogens with two attached hydrogens (primary N) is 1. The predicted molar refractivity (Wildman–Crippen MR) is 109 cm³/mol. The van der Waals surface area contributed by atoms with Gasteiger partial charge in [0.25, 0.3) is 11.8 Å². The summed E-state index contributed by atoms with van der Waals surface area (Å²) in [5.74, 6) is -0.119. The van der Waals surface area contributed by atoms with Crippen LogP contribution in [-0.2, 0) is 9.53 Å². The first kappa shape index (κ1) is 22.5. The van der Waals surface area contributed by atoms with E-state index in [1.165, 1.54) is 0 Å². The Labute approximate surface area is 171 Å². The van der Waals surface area contributed by atoms with E-state index in [0.29, 0.717) is 17.9 Å². The third-order valence-electron chi connectivity index (χ3n) is 4.63. The summed E-state index contributed by atoms with van der Waals surface area (Å²) < 4.78 is 10.5. The second kappa shape index (κ2) is 10.1. The standard InChI is InChI=1S/C21H31N3O5/c1-21(2,3)29-20(27)23-12-15-6-4-5-7-17(15)24-19(26)14-8-10-16(11-9-14)28-13-18(22)25/h8-11,15,17H,4-7,12-13H2,1-3H3,(H2,22,25)(H,23,27)(H,24,26)/t15-,17+/m0/s1. The number of benzene rings is 1. The summed E-state index contributed by atoms with van der Waals surface area (Å²) in [6.45, 7) is 5.71. The van der Waals surface area contributed by atoms with Crippen molar-refractivity contribution in [3.05, 3.63) is 29.8 Å². The Bertz CT molecular complexity index is 712. The molecule has 8 nitrogen and oxygen atoms in total. The molecule has 1 aliphatic carbocycles. The average molecular weight is 405 g/mol. The van der Waals surface area contributed by atoms with E-state index in [4.69, 9.17) is 15.2 Å². The highest BCUT2D eigenvalue weighted by atomic mass is 16.6. The smallest absolute Gasteiger partial charge is 0.407 e. The molecular formula is C21H31N3O5. The van der Waals surface area contributed by atoms with Crippen LogP contribution in [-0.4, -0.2) is 42.7 Å². The second-order valence-corrected chi connectivity index (χ2v) is 8.29. The summed E-state index contributed by atoms with van der Waals surface area (Å²) >= 11 is 0. The summed E-state index contributed by atoms with van der Waals surface area (Å²) in [6, 6.07) is 6.52. The van der Waals surface area contributed by atoms with Gasteiger partial charge in [0.05, 0.1) is 0 Å². The third-order valence-corrected chi connectivity index (χ3v) is 4.63. The van der Waals surface area contributed by atoms with Gasteiger partial charge >= 0.3 is 6.09 Å². The van der Waals surface area contributed by atoms with E-state index in [2.05, 4.69) is 10.6 Å². The van der Waals surface area contributed by atoms with Crippen LogP contribution in [0.2, 0.25) is 0 Å². The molecule has 0 aromatic heterocycles. The molecule has 3 amide bonds. The molecule has 0 unspecified atom stereocenters. The van der Waals surface area contributed by atoms with Crippen molar-refractivity contribution in [2.45, 2.75) is 58.1 Å². The molecule has 1 saturated carbocycles. The molecule has 0 radical (unpaired) electrons. The molecular weight excluding hydrogens is 374 g/mol. The molecule has 4 N–H and O–H groups in total. The van der Waals surface area contributed by atoms with Crippen LogP contribution in [0.25, 0.3) is 0 Å². The Morgan fingerprint density at radius 3 is 2.38 bits per heavy atom. The zero-order valence-corrected chi connectivity index (χ0v) is 17.3. The van der Waals surface area contributed by atoms with Gasteiger partial charge in [-0.3, -0.25) is 9.59 Å². The first-order chi connectivity index (χ1) is 13.6. The number of carbonyl (C=O) groups excluding carboxylic acids is 3. The Morgan fingerprint density at radius 1 is 1.10 bits per heavy atom. The van der Waals surface area contributed by atoms with Crippen LogP contribution in [0.1, 0.15) is 56.8 Å². The highest BCUT2D eigenvalue weighted by molar-refractivity contribution is 5.94. The lowest BCUT2D eigenvalue weighted by atomic mass is 9.84. The Kier molecular flexibility index (Phi) is 7.87. The molecule has 2 atom stereocenters. The van der Waals surface area contributed by atoms with Crippen LogP contribution in [0.3, 0.4) is 0 Å². The van der Waals surface area contributed by atoms with Crippen molar-refractivity contribution in [2.75, 3.05) is 13.2 Å². The predicted octanol–water partition coefficient (Wildman–Crippen LogP) is 2.36. The maximum absolute atomic E-state index is 12.6. The molecule has 0 heterocycles. The van der Waals surface area contributed by atoms with Crippen molar-refractivity contribution < 1.29 is 23.9 Å². The second-order valence-electron chi connectivity index (χ2n) is 8.29. The van der Waals surface area contributed by atoms with E-state index in [0.717, 1.165) is 25.7 Å². The van der Waals surface area contributed by atoms with Gasteiger partial charge in [-0.25, -0.2) is 4.79 Å². The van der Waals surface area contributed by atoms with Crippen molar-refractivity contribution in [2.24, 2.45) is 11.7 Å². The Hall–Kier alpha value is -2.77. The maximum Gasteiger partial charge on any atom is 0.407 e. The molecule has 0 aliphatic heterocycles. The van der Waals surface area contributed by atoms with Gasteiger partial charge in [0.15, 0.2) is 6.61 Å². The van der Waals surface area contributed by atoms with Gasteiger partial charge in [0, 0.05) is 18.2 Å². The molecule has 0 bridgehead atoms. The number of rotatable bonds is 7. The lowest BCUT2D eigenvalue weighted by Gasteiger charge is -2.32. The van der Waals surface area contributed by atoms with Crippen molar-refractivity contribution in [3.8, 4) is 5.75 Å². The zero-order chi connectivity index (χ0) is 21.4. The first-order valence-corrected chi connectivity index (χ1v) is 9.93. The number of nitrogens with one attached hydrogen (secondary N) is 2. The van der Waals surface area contributed by atoms with Crippen molar-refractivity contribution >= 4 is 17.9 Å². The average Bonchev–Trinajstić information content (AvgIpc) is 2.64. The highest BCUT2D eigenvalue weighted by Crippen LogP contribution is 2.24. The van der Waals surface area contributed by atoms with Crippen LogP contribution in [0.4, 0.5) is 4.79 Å². The van der Waals surface area contributed by atoms with Crippen molar-refractivity contribution in [1.82, 2.24) is 10.6 Å². The van der Waals surface area contributed by atoms with Gasteiger partial charge < -0.3 is 25.8 Å². The van der Waals surface area contributed by atoms with Gasteiger partial charge in [0.2, 0.25) is 0 Å². The number of alkyl carbamates (subject to hydrolysis) is 1. The zero-order valence-electron chi connectivity index (χ0n) is 17.3. The maximum atomic E-state index is 12.6. The fraction of sp³-hybridized carbons (Fsp3) is 0.571. The molecule has 1 aromatic rings. The van der Waals surface area contributed by atoms with E-state index < -0.39 is 17.6 Å².